The lowest BCUT2D eigenvalue weighted by atomic mass is 9.75. The molecule has 0 atom stereocenters. The van der Waals surface area contributed by atoms with Crippen molar-refractivity contribution < 1.29 is 27.9 Å². The number of ether oxygens (including phenoxy) is 1. The second kappa shape index (κ2) is 7.19. The van der Waals surface area contributed by atoms with Crippen LogP contribution in [-0.4, -0.2) is 43.7 Å². The zero-order valence-electron chi connectivity index (χ0n) is 17.6. The predicted molar refractivity (Wildman–Crippen MR) is 107 cm³/mol. The van der Waals surface area contributed by atoms with Gasteiger partial charge in [-0.3, -0.25) is 4.68 Å². The van der Waals surface area contributed by atoms with Gasteiger partial charge in [-0.15, -0.1) is 0 Å². The summed E-state index contributed by atoms with van der Waals surface area (Å²) in [6, 6.07) is 8.72. The molecule has 1 aromatic carbocycles. The molecule has 2 saturated carbocycles. The van der Waals surface area contributed by atoms with Crippen LogP contribution in [0.2, 0.25) is 0 Å². The largest absolute Gasteiger partial charge is 0.479 e. The maximum Gasteiger partial charge on any atom is 0.336 e. The number of rotatable bonds is 7. The third-order valence-corrected chi connectivity index (χ3v) is 6.73. The fraction of sp³-hybridized carbons (Fsp3) is 0.455. The Balaban J connectivity index is 1.45. The molecule has 8 nitrogen and oxygen atoms in total. The summed E-state index contributed by atoms with van der Waals surface area (Å²) in [5, 5.41) is 17.8. The number of methoxy groups -OCH3 is 1. The number of carboxylic acids is 1. The monoisotopic (exact) mass is 444 g/mol. The average molecular weight is 444 g/mol. The van der Waals surface area contributed by atoms with E-state index in [-0.39, 0.29) is 35.5 Å². The van der Waals surface area contributed by atoms with Gasteiger partial charge in [0.25, 0.3) is 12.3 Å². The highest BCUT2D eigenvalue weighted by atomic mass is 19.3. The Kier molecular flexibility index (Phi) is 4.66. The van der Waals surface area contributed by atoms with Gasteiger partial charge >= 0.3 is 5.97 Å². The Hall–Kier alpha value is -3.14. The van der Waals surface area contributed by atoms with E-state index in [0.29, 0.717) is 5.82 Å². The first kappa shape index (κ1) is 20.7. The molecule has 1 N–H and O–H groups in total. The topological polar surface area (TPSA) is 103 Å². The molecular weight excluding hydrogens is 422 g/mol. The van der Waals surface area contributed by atoms with Crippen molar-refractivity contribution in [2.24, 2.45) is 0 Å². The molecular formula is C22H22F2N4O4. The normalized spacial score (nSPS) is 23.8. The van der Waals surface area contributed by atoms with Crippen LogP contribution < -0.4 is 0 Å². The highest BCUT2D eigenvalue weighted by molar-refractivity contribution is 5.79. The van der Waals surface area contributed by atoms with Crippen molar-refractivity contribution in [3.05, 3.63) is 53.0 Å². The molecule has 2 fully saturated rings. The SMILES string of the molecule is COC1(C(=O)O)CC(n2nc(-c3nc(C4(c5ccccc5C)CC4)no3)cc2C(F)F)C1. The van der Waals surface area contributed by atoms with Gasteiger partial charge in [0.1, 0.15) is 5.69 Å². The van der Waals surface area contributed by atoms with Gasteiger partial charge in [0.2, 0.25) is 0 Å². The van der Waals surface area contributed by atoms with E-state index in [4.69, 9.17) is 9.26 Å². The minimum Gasteiger partial charge on any atom is -0.479 e. The number of aliphatic carboxylic acids is 1. The molecule has 2 heterocycles. The molecule has 0 radical (unpaired) electrons. The fourth-order valence-electron chi connectivity index (χ4n) is 4.64. The Morgan fingerprint density at radius 1 is 1.31 bits per heavy atom. The van der Waals surface area contributed by atoms with Crippen LogP contribution in [0.3, 0.4) is 0 Å². The molecule has 10 heteroatoms. The van der Waals surface area contributed by atoms with Gasteiger partial charge in [0.15, 0.2) is 17.1 Å². The van der Waals surface area contributed by atoms with Crippen LogP contribution in [0, 0.1) is 6.92 Å². The van der Waals surface area contributed by atoms with E-state index in [1.807, 2.05) is 31.2 Å². The molecule has 0 bridgehead atoms. The molecule has 0 aliphatic heterocycles. The van der Waals surface area contributed by atoms with E-state index >= 15 is 0 Å². The number of benzene rings is 1. The fourth-order valence-corrected chi connectivity index (χ4v) is 4.64. The van der Waals surface area contributed by atoms with Gasteiger partial charge in [-0.05, 0) is 37.0 Å². The van der Waals surface area contributed by atoms with Crippen molar-refractivity contribution in [2.45, 2.75) is 56.1 Å². The number of nitrogens with zero attached hydrogens (tertiary/aromatic N) is 4. The highest BCUT2D eigenvalue weighted by Crippen LogP contribution is 2.53. The second-order valence-corrected chi connectivity index (χ2v) is 8.59. The van der Waals surface area contributed by atoms with Crippen molar-refractivity contribution in [1.29, 1.82) is 0 Å². The van der Waals surface area contributed by atoms with E-state index < -0.39 is 24.0 Å². The zero-order chi connectivity index (χ0) is 22.7. The molecule has 2 aliphatic rings. The minimum absolute atomic E-state index is 0.0468. The lowest BCUT2D eigenvalue weighted by molar-refractivity contribution is -0.180. The second-order valence-electron chi connectivity index (χ2n) is 8.59. The number of carbonyl (C=O) groups is 1. The number of hydrogen-bond donors (Lipinski definition) is 1. The van der Waals surface area contributed by atoms with Crippen LogP contribution >= 0.6 is 0 Å². The number of hydrogen-bond acceptors (Lipinski definition) is 6. The van der Waals surface area contributed by atoms with Crippen molar-refractivity contribution >= 4 is 5.97 Å². The molecule has 168 valence electrons. The summed E-state index contributed by atoms with van der Waals surface area (Å²) in [5.74, 6) is -0.534. The quantitative estimate of drug-likeness (QED) is 0.586. The van der Waals surface area contributed by atoms with E-state index in [1.165, 1.54) is 17.9 Å². The molecule has 32 heavy (non-hydrogen) atoms. The molecule has 0 amide bonds. The van der Waals surface area contributed by atoms with Crippen LogP contribution in [0.15, 0.2) is 34.9 Å². The Labute approximate surface area is 182 Å². The first-order valence-electron chi connectivity index (χ1n) is 10.4. The predicted octanol–water partition coefficient (Wildman–Crippen LogP) is 4.06. The molecule has 3 aromatic rings. The lowest BCUT2D eigenvalue weighted by Crippen LogP contribution is -2.53. The van der Waals surface area contributed by atoms with Gasteiger partial charge < -0.3 is 14.4 Å². The van der Waals surface area contributed by atoms with E-state index in [2.05, 4.69) is 15.2 Å². The van der Waals surface area contributed by atoms with Crippen molar-refractivity contribution in [3.8, 4) is 11.6 Å². The van der Waals surface area contributed by atoms with Crippen LogP contribution in [0.4, 0.5) is 8.78 Å². The molecule has 0 spiro atoms. The number of carboxylic acid groups (broad SMARTS) is 1. The van der Waals surface area contributed by atoms with Gasteiger partial charge in [0.05, 0.1) is 11.5 Å². The Morgan fingerprint density at radius 2 is 2.03 bits per heavy atom. The summed E-state index contributed by atoms with van der Waals surface area (Å²) in [7, 11) is 1.30. The number of aromatic nitrogens is 4. The number of halogens is 2. The Morgan fingerprint density at radius 3 is 2.62 bits per heavy atom. The smallest absolute Gasteiger partial charge is 0.336 e. The van der Waals surface area contributed by atoms with E-state index in [0.717, 1.165) is 24.0 Å². The summed E-state index contributed by atoms with van der Waals surface area (Å²) in [4.78, 5) is 16.0. The van der Waals surface area contributed by atoms with Gasteiger partial charge in [0, 0.05) is 20.0 Å². The Bertz CT molecular complexity index is 1180. The van der Waals surface area contributed by atoms with Crippen LogP contribution in [0.25, 0.3) is 11.6 Å². The summed E-state index contributed by atoms with van der Waals surface area (Å²) in [6.07, 6.45) is -0.938. The van der Waals surface area contributed by atoms with Crippen LogP contribution in [-0.2, 0) is 14.9 Å². The summed E-state index contributed by atoms with van der Waals surface area (Å²) >= 11 is 0. The van der Waals surface area contributed by atoms with Gasteiger partial charge in [-0.25, -0.2) is 13.6 Å². The average Bonchev–Trinajstić information content (AvgIpc) is 3.18. The third kappa shape index (κ3) is 3.04. The first-order valence-corrected chi connectivity index (χ1v) is 10.4. The first-order chi connectivity index (χ1) is 15.3. The molecule has 2 aromatic heterocycles. The van der Waals surface area contributed by atoms with Crippen LogP contribution in [0.1, 0.15) is 60.8 Å². The number of aryl methyl sites for hydroxylation is 1. The van der Waals surface area contributed by atoms with Crippen molar-refractivity contribution in [1.82, 2.24) is 19.9 Å². The summed E-state index contributed by atoms with van der Waals surface area (Å²) in [5.41, 5.74) is 0.384. The maximum atomic E-state index is 13.7. The highest BCUT2D eigenvalue weighted by Gasteiger charge is 2.53. The molecule has 0 unspecified atom stereocenters. The zero-order valence-corrected chi connectivity index (χ0v) is 17.6. The lowest BCUT2D eigenvalue weighted by Gasteiger charge is -2.43. The summed E-state index contributed by atoms with van der Waals surface area (Å²) in [6.45, 7) is 2.03. The van der Waals surface area contributed by atoms with Crippen molar-refractivity contribution in [3.63, 3.8) is 0 Å². The van der Waals surface area contributed by atoms with Crippen LogP contribution in [0.5, 0.6) is 0 Å². The third-order valence-electron chi connectivity index (χ3n) is 6.73. The summed E-state index contributed by atoms with van der Waals surface area (Å²) < 4.78 is 39.1. The molecule has 5 rings (SSSR count). The molecule has 0 saturated heterocycles. The van der Waals surface area contributed by atoms with Gasteiger partial charge in [-0.1, -0.05) is 29.4 Å². The van der Waals surface area contributed by atoms with Crippen molar-refractivity contribution in [2.75, 3.05) is 7.11 Å². The van der Waals surface area contributed by atoms with Gasteiger partial charge in [-0.2, -0.15) is 10.1 Å². The minimum atomic E-state index is -2.79. The van der Waals surface area contributed by atoms with E-state index in [1.54, 1.807) is 0 Å². The molecule has 2 aliphatic carbocycles. The number of alkyl halides is 2. The standard InChI is InChI=1S/C22H22F2N4O4/c1-12-5-3-4-6-14(12)21(7-8-21)19-25-18(32-27-19)15-9-16(17(23)24)28(26-15)13-10-22(11-13,31-2)20(29)30/h3-6,9,13,17H,7-8,10-11H2,1-2H3,(H,29,30). The van der Waals surface area contributed by atoms with E-state index in [9.17, 15) is 18.7 Å². The maximum absolute atomic E-state index is 13.7.